The summed E-state index contributed by atoms with van der Waals surface area (Å²) in [7, 11) is 1.58. The maximum absolute atomic E-state index is 12.0. The number of ether oxygens (including phenoxy) is 1. The van der Waals surface area contributed by atoms with Gasteiger partial charge in [-0.1, -0.05) is 11.6 Å². The Labute approximate surface area is 109 Å². The van der Waals surface area contributed by atoms with Crippen LogP contribution in [0.1, 0.15) is 24.1 Å². The summed E-state index contributed by atoms with van der Waals surface area (Å²) < 4.78 is 5.23. The molecule has 1 aliphatic heterocycles. The Morgan fingerprint density at radius 1 is 1.44 bits per heavy atom. The lowest BCUT2D eigenvalue weighted by Crippen LogP contribution is -2.13. The third-order valence-electron chi connectivity index (χ3n) is 3.45. The van der Waals surface area contributed by atoms with Crippen molar-refractivity contribution in [3.8, 4) is 5.75 Å². The van der Waals surface area contributed by atoms with Crippen molar-refractivity contribution >= 4 is 22.5 Å². The predicted octanol–water partition coefficient (Wildman–Crippen LogP) is 2.35. The van der Waals surface area contributed by atoms with E-state index in [-0.39, 0.29) is 11.6 Å². The summed E-state index contributed by atoms with van der Waals surface area (Å²) in [4.78, 5) is 14.8. The summed E-state index contributed by atoms with van der Waals surface area (Å²) in [5.41, 5.74) is 2.55. The number of halogens is 1. The lowest BCUT2D eigenvalue weighted by Gasteiger charge is -2.11. The quantitative estimate of drug-likeness (QED) is 0.831. The number of rotatable bonds is 1. The topological polar surface area (TPSA) is 54.1 Å². The van der Waals surface area contributed by atoms with E-state index in [0.29, 0.717) is 17.3 Å². The van der Waals surface area contributed by atoms with E-state index < -0.39 is 0 Å². The smallest absolute Gasteiger partial charge is 0.253 e. The molecule has 0 fully saturated rings. The van der Waals surface area contributed by atoms with Crippen molar-refractivity contribution in [1.29, 1.82) is 0 Å². The van der Waals surface area contributed by atoms with Gasteiger partial charge in [0.05, 0.1) is 17.6 Å². The predicted molar refractivity (Wildman–Crippen MR) is 71.4 cm³/mol. The van der Waals surface area contributed by atoms with Gasteiger partial charge in [0.25, 0.3) is 5.56 Å². The van der Waals surface area contributed by atoms with Crippen molar-refractivity contribution in [2.24, 2.45) is 0 Å². The molecule has 2 N–H and O–H groups in total. The van der Waals surface area contributed by atoms with Crippen LogP contribution in [0.3, 0.4) is 0 Å². The molecule has 1 aliphatic rings. The fourth-order valence-electron chi connectivity index (χ4n) is 2.55. The SMILES string of the molecule is COc1cc2c3c(c(=O)[nH]c2cc1Cl)CN[C@H]3C. The maximum Gasteiger partial charge on any atom is 0.253 e. The number of pyridine rings is 1. The highest BCUT2D eigenvalue weighted by Crippen LogP contribution is 2.35. The molecule has 0 spiro atoms. The summed E-state index contributed by atoms with van der Waals surface area (Å²) in [6.45, 7) is 2.65. The summed E-state index contributed by atoms with van der Waals surface area (Å²) >= 11 is 6.08. The van der Waals surface area contributed by atoms with Gasteiger partial charge in [-0.2, -0.15) is 0 Å². The second-order valence-corrected chi connectivity index (χ2v) is 4.89. The van der Waals surface area contributed by atoms with Gasteiger partial charge in [-0.15, -0.1) is 0 Å². The number of benzene rings is 1. The van der Waals surface area contributed by atoms with Crippen molar-refractivity contribution in [3.05, 3.63) is 38.6 Å². The first-order valence-corrected chi connectivity index (χ1v) is 6.15. The first-order valence-electron chi connectivity index (χ1n) is 5.77. The molecule has 0 unspecified atom stereocenters. The molecular formula is C13H13ClN2O2. The van der Waals surface area contributed by atoms with Crippen molar-refractivity contribution < 1.29 is 4.74 Å². The molecule has 0 amide bonds. The maximum atomic E-state index is 12.0. The van der Waals surface area contributed by atoms with E-state index in [0.717, 1.165) is 22.0 Å². The van der Waals surface area contributed by atoms with E-state index >= 15 is 0 Å². The fraction of sp³-hybridized carbons (Fsp3) is 0.308. The third-order valence-corrected chi connectivity index (χ3v) is 3.74. The number of methoxy groups -OCH3 is 1. The van der Waals surface area contributed by atoms with Crippen LogP contribution < -0.4 is 15.6 Å². The minimum atomic E-state index is -0.0458. The summed E-state index contributed by atoms with van der Waals surface area (Å²) in [6, 6.07) is 3.79. The van der Waals surface area contributed by atoms with Crippen molar-refractivity contribution in [2.75, 3.05) is 7.11 Å². The van der Waals surface area contributed by atoms with Crippen LogP contribution in [0, 0.1) is 0 Å². The van der Waals surface area contributed by atoms with Crippen LogP contribution in [0.4, 0.5) is 0 Å². The zero-order chi connectivity index (χ0) is 12.9. The van der Waals surface area contributed by atoms with Crippen LogP contribution in [0.2, 0.25) is 5.02 Å². The van der Waals surface area contributed by atoms with Gasteiger partial charge in [-0.25, -0.2) is 0 Å². The molecule has 2 aromatic rings. The number of H-pyrrole nitrogens is 1. The molecule has 0 radical (unpaired) electrons. The van der Waals surface area contributed by atoms with Crippen LogP contribution in [-0.4, -0.2) is 12.1 Å². The highest BCUT2D eigenvalue weighted by atomic mass is 35.5. The Balaban J connectivity index is 2.44. The number of hydrogen-bond donors (Lipinski definition) is 2. The molecule has 94 valence electrons. The standard InChI is InChI=1S/C13H13ClN2O2/c1-6-12-7-3-11(18-2)9(14)4-10(7)16-13(17)8(12)5-15-6/h3-4,6,15H,5H2,1-2H3,(H,16,17)/t6-/m0/s1. The number of aromatic amines is 1. The molecule has 0 saturated heterocycles. The zero-order valence-electron chi connectivity index (χ0n) is 10.1. The van der Waals surface area contributed by atoms with E-state index in [9.17, 15) is 4.79 Å². The van der Waals surface area contributed by atoms with E-state index in [4.69, 9.17) is 16.3 Å². The number of hydrogen-bond acceptors (Lipinski definition) is 3. The number of aromatic nitrogens is 1. The third kappa shape index (κ3) is 1.53. The Bertz CT molecular complexity index is 693. The van der Waals surface area contributed by atoms with Gasteiger partial charge in [0, 0.05) is 23.5 Å². The molecule has 1 aromatic carbocycles. The van der Waals surface area contributed by atoms with Gasteiger partial charge in [-0.3, -0.25) is 4.79 Å². The molecule has 0 bridgehead atoms. The van der Waals surface area contributed by atoms with Crippen molar-refractivity contribution in [3.63, 3.8) is 0 Å². The van der Waals surface area contributed by atoms with Crippen LogP contribution >= 0.6 is 11.6 Å². The lowest BCUT2D eigenvalue weighted by molar-refractivity contribution is 0.415. The van der Waals surface area contributed by atoms with Gasteiger partial charge >= 0.3 is 0 Å². The van der Waals surface area contributed by atoms with Crippen LogP contribution in [0.15, 0.2) is 16.9 Å². The van der Waals surface area contributed by atoms with Crippen LogP contribution in [0.5, 0.6) is 5.75 Å². The molecule has 1 aromatic heterocycles. The van der Waals surface area contributed by atoms with E-state index in [1.807, 2.05) is 13.0 Å². The molecule has 0 aliphatic carbocycles. The van der Waals surface area contributed by atoms with E-state index in [1.165, 1.54) is 0 Å². The van der Waals surface area contributed by atoms with Gasteiger partial charge in [0.2, 0.25) is 0 Å². The highest BCUT2D eigenvalue weighted by molar-refractivity contribution is 6.32. The molecule has 3 rings (SSSR count). The van der Waals surface area contributed by atoms with Crippen molar-refractivity contribution in [2.45, 2.75) is 19.5 Å². The molecule has 0 saturated carbocycles. The monoisotopic (exact) mass is 264 g/mol. The first-order chi connectivity index (χ1) is 8.61. The van der Waals surface area contributed by atoms with Crippen LogP contribution in [0.25, 0.3) is 10.9 Å². The van der Waals surface area contributed by atoms with Gasteiger partial charge in [-0.05, 0) is 24.6 Å². The second-order valence-electron chi connectivity index (χ2n) is 4.48. The highest BCUT2D eigenvalue weighted by Gasteiger charge is 2.24. The molecule has 2 heterocycles. The number of fused-ring (bicyclic) bond motifs is 3. The summed E-state index contributed by atoms with van der Waals surface area (Å²) in [5.74, 6) is 0.623. The fourth-order valence-corrected chi connectivity index (χ4v) is 2.79. The molecule has 1 atom stereocenters. The summed E-state index contributed by atoms with van der Waals surface area (Å²) in [6.07, 6.45) is 0. The molecule has 5 heteroatoms. The minimum absolute atomic E-state index is 0.0458. The van der Waals surface area contributed by atoms with E-state index in [1.54, 1.807) is 13.2 Å². The normalized spacial score (nSPS) is 18.1. The largest absolute Gasteiger partial charge is 0.495 e. The average Bonchev–Trinajstić information content (AvgIpc) is 2.72. The van der Waals surface area contributed by atoms with Gasteiger partial charge in [0.15, 0.2) is 0 Å². The first kappa shape index (κ1) is 11.6. The van der Waals surface area contributed by atoms with E-state index in [2.05, 4.69) is 10.3 Å². The Morgan fingerprint density at radius 3 is 2.94 bits per heavy atom. The molecule has 4 nitrogen and oxygen atoms in total. The zero-order valence-corrected chi connectivity index (χ0v) is 10.9. The lowest BCUT2D eigenvalue weighted by atomic mass is 10.0. The average molecular weight is 265 g/mol. The van der Waals surface area contributed by atoms with Crippen LogP contribution in [-0.2, 0) is 6.54 Å². The molecular weight excluding hydrogens is 252 g/mol. The summed E-state index contributed by atoms with van der Waals surface area (Å²) in [5, 5.41) is 4.76. The second kappa shape index (κ2) is 4.00. The minimum Gasteiger partial charge on any atom is -0.495 e. The van der Waals surface area contributed by atoms with Gasteiger partial charge < -0.3 is 15.0 Å². The Hall–Kier alpha value is -1.52. The van der Waals surface area contributed by atoms with Crippen molar-refractivity contribution in [1.82, 2.24) is 10.3 Å². The number of nitrogens with one attached hydrogen (secondary N) is 2. The van der Waals surface area contributed by atoms with Gasteiger partial charge in [0.1, 0.15) is 5.75 Å². The Kier molecular flexibility index (Phi) is 2.57. The Morgan fingerprint density at radius 2 is 2.22 bits per heavy atom. The molecule has 18 heavy (non-hydrogen) atoms.